The average Bonchev–Trinajstić information content (AvgIpc) is 2.53. The molecular weight excluding hydrogens is 314 g/mol. The maximum atomic E-state index is 12.5. The van der Waals surface area contributed by atoms with Gasteiger partial charge in [-0.05, 0) is 32.0 Å². The Bertz CT molecular complexity index is 757. The smallest absolute Gasteiger partial charge is 0.244 e. The van der Waals surface area contributed by atoms with Gasteiger partial charge < -0.3 is 9.47 Å². The lowest BCUT2D eigenvalue weighted by atomic mass is 10.2. The summed E-state index contributed by atoms with van der Waals surface area (Å²) < 4.78 is 38.4. The molecule has 5 nitrogen and oxygen atoms in total. The minimum atomic E-state index is -3.68. The van der Waals surface area contributed by atoms with Crippen LogP contribution in [0.25, 0.3) is 0 Å². The molecule has 23 heavy (non-hydrogen) atoms. The number of para-hydroxylation sites is 2. The van der Waals surface area contributed by atoms with Gasteiger partial charge in [-0.15, -0.1) is 0 Å². The van der Waals surface area contributed by atoms with Crippen molar-refractivity contribution in [1.82, 2.24) is 4.72 Å². The lowest BCUT2D eigenvalue weighted by molar-refractivity contribution is 0.240. The molecule has 0 aliphatic rings. The molecule has 0 aliphatic heterocycles. The lowest BCUT2D eigenvalue weighted by Gasteiger charge is -2.15. The van der Waals surface area contributed by atoms with E-state index in [0.717, 1.165) is 5.56 Å². The molecule has 0 saturated heterocycles. The SMILES string of the molecule is COc1ccccc1S(=O)(=O)NCc1ccccc1OC(C)C. The van der Waals surface area contributed by atoms with Crippen molar-refractivity contribution in [2.75, 3.05) is 7.11 Å². The summed E-state index contributed by atoms with van der Waals surface area (Å²) in [5.41, 5.74) is 0.777. The Morgan fingerprint density at radius 3 is 2.26 bits per heavy atom. The first-order chi connectivity index (χ1) is 10.9. The fourth-order valence-corrected chi connectivity index (χ4v) is 3.29. The molecular formula is C17H21NO4S. The van der Waals surface area contributed by atoms with E-state index >= 15 is 0 Å². The Kier molecular flexibility index (Phi) is 5.63. The fourth-order valence-electron chi connectivity index (χ4n) is 2.11. The molecule has 1 N–H and O–H groups in total. The molecule has 0 amide bonds. The molecule has 2 aromatic rings. The van der Waals surface area contributed by atoms with Crippen molar-refractivity contribution in [3.63, 3.8) is 0 Å². The van der Waals surface area contributed by atoms with Crippen LogP contribution in [0.3, 0.4) is 0 Å². The van der Waals surface area contributed by atoms with Gasteiger partial charge in [-0.1, -0.05) is 30.3 Å². The Morgan fingerprint density at radius 2 is 1.61 bits per heavy atom. The third-order valence-electron chi connectivity index (χ3n) is 3.15. The van der Waals surface area contributed by atoms with Crippen LogP contribution in [0, 0.1) is 0 Å². The molecule has 0 atom stereocenters. The summed E-state index contributed by atoms with van der Waals surface area (Å²) in [6, 6.07) is 13.9. The number of nitrogens with one attached hydrogen (secondary N) is 1. The second-order valence-corrected chi connectivity index (χ2v) is 6.99. The van der Waals surface area contributed by atoms with E-state index in [1.54, 1.807) is 18.2 Å². The topological polar surface area (TPSA) is 64.6 Å². The van der Waals surface area contributed by atoms with E-state index < -0.39 is 10.0 Å². The standard InChI is InChI=1S/C17H21NO4S/c1-13(2)22-15-9-5-4-8-14(15)12-18-23(19,20)17-11-7-6-10-16(17)21-3/h4-11,13,18H,12H2,1-3H3. The molecule has 0 aromatic heterocycles. The molecule has 0 aliphatic carbocycles. The van der Waals surface area contributed by atoms with Crippen LogP contribution in [0.15, 0.2) is 53.4 Å². The average molecular weight is 335 g/mol. The summed E-state index contributed by atoms with van der Waals surface area (Å²) in [5.74, 6) is 0.983. The third-order valence-corrected chi connectivity index (χ3v) is 4.59. The molecule has 2 aromatic carbocycles. The van der Waals surface area contributed by atoms with Crippen molar-refractivity contribution in [1.29, 1.82) is 0 Å². The zero-order valence-electron chi connectivity index (χ0n) is 13.4. The molecule has 0 spiro atoms. The van der Waals surface area contributed by atoms with Crippen molar-refractivity contribution in [3.05, 3.63) is 54.1 Å². The predicted octanol–water partition coefficient (Wildman–Crippen LogP) is 2.96. The number of sulfonamides is 1. The van der Waals surface area contributed by atoms with Gasteiger partial charge >= 0.3 is 0 Å². The molecule has 0 bridgehead atoms. The van der Waals surface area contributed by atoms with Crippen molar-refractivity contribution in [2.45, 2.75) is 31.4 Å². The maximum absolute atomic E-state index is 12.5. The van der Waals surface area contributed by atoms with Crippen LogP contribution in [0.1, 0.15) is 19.4 Å². The van der Waals surface area contributed by atoms with E-state index in [2.05, 4.69) is 4.72 Å². The molecule has 0 fully saturated rings. The van der Waals surface area contributed by atoms with Crippen LogP contribution >= 0.6 is 0 Å². The van der Waals surface area contributed by atoms with Gasteiger partial charge in [-0.25, -0.2) is 13.1 Å². The highest BCUT2D eigenvalue weighted by atomic mass is 32.2. The minimum absolute atomic E-state index is 0.0157. The molecule has 0 heterocycles. The van der Waals surface area contributed by atoms with Crippen LogP contribution in [0.2, 0.25) is 0 Å². The summed E-state index contributed by atoms with van der Waals surface area (Å²) in [4.78, 5) is 0.116. The summed E-state index contributed by atoms with van der Waals surface area (Å²) in [6.07, 6.45) is 0.0157. The number of methoxy groups -OCH3 is 1. The van der Waals surface area contributed by atoms with E-state index in [4.69, 9.17) is 9.47 Å². The number of hydrogen-bond acceptors (Lipinski definition) is 4. The number of hydrogen-bond donors (Lipinski definition) is 1. The van der Waals surface area contributed by atoms with Crippen LogP contribution < -0.4 is 14.2 Å². The highest BCUT2D eigenvalue weighted by Crippen LogP contribution is 2.24. The lowest BCUT2D eigenvalue weighted by Crippen LogP contribution is -2.24. The van der Waals surface area contributed by atoms with Gasteiger partial charge in [-0.2, -0.15) is 0 Å². The van der Waals surface area contributed by atoms with Gasteiger partial charge in [0.1, 0.15) is 16.4 Å². The van der Waals surface area contributed by atoms with Gasteiger partial charge in [0.15, 0.2) is 0 Å². The highest BCUT2D eigenvalue weighted by Gasteiger charge is 2.19. The first-order valence-corrected chi connectivity index (χ1v) is 8.79. The van der Waals surface area contributed by atoms with E-state index in [0.29, 0.717) is 11.5 Å². The summed E-state index contributed by atoms with van der Waals surface area (Å²) in [6.45, 7) is 3.99. The van der Waals surface area contributed by atoms with E-state index in [1.807, 2.05) is 38.1 Å². The first-order valence-electron chi connectivity index (χ1n) is 7.31. The quantitative estimate of drug-likeness (QED) is 0.845. The normalized spacial score (nSPS) is 11.5. The summed E-state index contributed by atoms with van der Waals surface area (Å²) in [7, 11) is -2.23. The number of benzene rings is 2. The predicted molar refractivity (Wildman–Crippen MR) is 89.2 cm³/mol. The Morgan fingerprint density at radius 1 is 1.00 bits per heavy atom. The molecule has 6 heteroatoms. The monoisotopic (exact) mass is 335 g/mol. The zero-order chi connectivity index (χ0) is 16.9. The first kappa shape index (κ1) is 17.3. The Hall–Kier alpha value is -2.05. The van der Waals surface area contributed by atoms with Gasteiger partial charge in [0, 0.05) is 12.1 Å². The molecule has 0 unspecified atom stereocenters. The minimum Gasteiger partial charge on any atom is -0.495 e. The summed E-state index contributed by atoms with van der Waals surface area (Å²) in [5, 5.41) is 0. The van der Waals surface area contributed by atoms with Gasteiger partial charge in [0.25, 0.3) is 0 Å². The van der Waals surface area contributed by atoms with E-state index in [-0.39, 0.29) is 17.5 Å². The zero-order valence-corrected chi connectivity index (χ0v) is 14.3. The van der Waals surface area contributed by atoms with E-state index in [1.165, 1.54) is 13.2 Å². The van der Waals surface area contributed by atoms with Crippen LogP contribution in [0.5, 0.6) is 11.5 Å². The second-order valence-electron chi connectivity index (χ2n) is 5.25. The fraction of sp³-hybridized carbons (Fsp3) is 0.294. The Labute approximate surface area is 137 Å². The molecule has 0 saturated carbocycles. The highest BCUT2D eigenvalue weighted by molar-refractivity contribution is 7.89. The molecule has 2 rings (SSSR count). The van der Waals surface area contributed by atoms with Gasteiger partial charge in [0.2, 0.25) is 10.0 Å². The van der Waals surface area contributed by atoms with Gasteiger partial charge in [0.05, 0.1) is 13.2 Å². The second kappa shape index (κ2) is 7.48. The number of ether oxygens (including phenoxy) is 2. The third kappa shape index (κ3) is 4.46. The summed E-state index contributed by atoms with van der Waals surface area (Å²) >= 11 is 0. The van der Waals surface area contributed by atoms with Crippen LogP contribution in [0.4, 0.5) is 0 Å². The largest absolute Gasteiger partial charge is 0.495 e. The Balaban J connectivity index is 2.20. The van der Waals surface area contributed by atoms with Gasteiger partial charge in [-0.3, -0.25) is 0 Å². The maximum Gasteiger partial charge on any atom is 0.244 e. The van der Waals surface area contributed by atoms with Crippen molar-refractivity contribution in [2.24, 2.45) is 0 Å². The van der Waals surface area contributed by atoms with Crippen molar-refractivity contribution in [3.8, 4) is 11.5 Å². The molecule has 0 radical (unpaired) electrons. The van der Waals surface area contributed by atoms with Crippen LogP contribution in [-0.2, 0) is 16.6 Å². The van der Waals surface area contributed by atoms with Crippen LogP contribution in [-0.4, -0.2) is 21.6 Å². The van der Waals surface area contributed by atoms with Crippen molar-refractivity contribution >= 4 is 10.0 Å². The molecule has 124 valence electrons. The van der Waals surface area contributed by atoms with Crippen molar-refractivity contribution < 1.29 is 17.9 Å². The van der Waals surface area contributed by atoms with E-state index in [9.17, 15) is 8.42 Å². The number of rotatable bonds is 7.